The lowest BCUT2D eigenvalue weighted by Crippen LogP contribution is -2.08. The van der Waals surface area contributed by atoms with Crippen molar-refractivity contribution in [1.82, 2.24) is 0 Å². The van der Waals surface area contributed by atoms with E-state index >= 15 is 0 Å². The molecule has 0 saturated heterocycles. The highest BCUT2D eigenvalue weighted by atomic mass is 32.2. The molecule has 1 aliphatic heterocycles. The molecule has 42 heavy (non-hydrogen) atoms. The number of hydrogen-bond acceptors (Lipinski definition) is 5. The van der Waals surface area contributed by atoms with Gasteiger partial charge in [0.2, 0.25) is 0 Å². The lowest BCUT2D eigenvalue weighted by Gasteiger charge is -2.19. The van der Waals surface area contributed by atoms with Crippen LogP contribution in [-0.2, 0) is 10.1 Å². The summed E-state index contributed by atoms with van der Waals surface area (Å²) in [4.78, 5) is 4.75. The second-order valence-electron chi connectivity index (χ2n) is 10.4. The standard InChI is InChI=1S/C35H34N2O4S/c1-7-27(32(8-2)42(38,39)40)33-28-17-15-25(36-34-21(3)11-9-12-22(34)4)19-30(28)41-31-20-26(16-18-29(31)33)37-35-23(5)13-10-14-24(35)6/h7-20,36H,1-6H3,(H,38,39,40)/b27-7+,32-8+,37-26-. The highest BCUT2D eigenvalue weighted by Crippen LogP contribution is 2.42. The number of para-hydroxylation sites is 2. The number of anilines is 2. The maximum atomic E-state index is 12.4. The largest absolute Gasteiger partial charge is 0.456 e. The predicted molar refractivity (Wildman–Crippen MR) is 172 cm³/mol. The third kappa shape index (κ3) is 5.53. The molecule has 7 heteroatoms. The Morgan fingerprint density at radius 1 is 0.833 bits per heavy atom. The molecule has 2 N–H and O–H groups in total. The van der Waals surface area contributed by atoms with Crippen LogP contribution in [0.4, 0.5) is 17.1 Å². The molecule has 0 saturated carbocycles. The van der Waals surface area contributed by atoms with Crippen LogP contribution in [0.25, 0.3) is 27.9 Å². The zero-order valence-corrected chi connectivity index (χ0v) is 25.4. The van der Waals surface area contributed by atoms with E-state index in [0.29, 0.717) is 38.8 Å². The first-order valence-corrected chi connectivity index (χ1v) is 15.2. The molecule has 1 aliphatic carbocycles. The van der Waals surface area contributed by atoms with Crippen LogP contribution in [0.3, 0.4) is 0 Å². The normalized spacial score (nSPS) is 13.3. The van der Waals surface area contributed by atoms with E-state index in [1.165, 1.54) is 6.08 Å². The van der Waals surface area contributed by atoms with Gasteiger partial charge in [-0.15, -0.1) is 0 Å². The quantitative estimate of drug-likeness (QED) is 0.119. The van der Waals surface area contributed by atoms with E-state index in [0.717, 1.165) is 39.3 Å². The van der Waals surface area contributed by atoms with E-state index in [1.54, 1.807) is 19.9 Å². The number of hydrogen-bond donors (Lipinski definition) is 2. The van der Waals surface area contributed by atoms with Crippen molar-refractivity contribution in [3.63, 3.8) is 0 Å². The van der Waals surface area contributed by atoms with Gasteiger partial charge in [0.15, 0.2) is 0 Å². The molecule has 0 spiro atoms. The van der Waals surface area contributed by atoms with Gasteiger partial charge < -0.3 is 9.73 Å². The second-order valence-corrected chi connectivity index (χ2v) is 11.8. The van der Waals surface area contributed by atoms with Crippen LogP contribution in [0.5, 0.6) is 0 Å². The number of rotatable bonds is 6. The Kier molecular flexibility index (Phi) is 7.91. The Morgan fingerprint density at radius 2 is 1.48 bits per heavy atom. The molecule has 5 rings (SSSR count). The van der Waals surface area contributed by atoms with Gasteiger partial charge in [0.1, 0.15) is 11.3 Å². The Morgan fingerprint density at radius 3 is 2.07 bits per heavy atom. The summed E-state index contributed by atoms with van der Waals surface area (Å²) in [6.45, 7) is 11.5. The van der Waals surface area contributed by atoms with Crippen LogP contribution >= 0.6 is 0 Å². The highest BCUT2D eigenvalue weighted by molar-refractivity contribution is 7.90. The lowest BCUT2D eigenvalue weighted by molar-refractivity contribution is 0.492. The van der Waals surface area contributed by atoms with E-state index in [9.17, 15) is 13.0 Å². The summed E-state index contributed by atoms with van der Waals surface area (Å²) >= 11 is 0. The van der Waals surface area contributed by atoms with Gasteiger partial charge in [-0.3, -0.25) is 4.55 Å². The summed E-state index contributed by atoms with van der Waals surface area (Å²) in [6.07, 6.45) is 3.11. The van der Waals surface area contributed by atoms with Gasteiger partial charge in [0.25, 0.3) is 10.1 Å². The van der Waals surface area contributed by atoms with Crippen LogP contribution in [0, 0.1) is 27.7 Å². The van der Waals surface area contributed by atoms with Crippen molar-refractivity contribution in [2.24, 2.45) is 4.99 Å². The van der Waals surface area contributed by atoms with Gasteiger partial charge in [0, 0.05) is 40.0 Å². The van der Waals surface area contributed by atoms with Gasteiger partial charge in [-0.05, 0) is 93.6 Å². The monoisotopic (exact) mass is 578 g/mol. The molecular formula is C35H34N2O4S. The summed E-state index contributed by atoms with van der Waals surface area (Å²) in [5, 5.41) is 4.94. The number of aryl methyl sites for hydroxylation is 4. The molecule has 0 amide bonds. The van der Waals surface area contributed by atoms with Crippen molar-refractivity contribution in [2.75, 3.05) is 5.32 Å². The van der Waals surface area contributed by atoms with Crippen molar-refractivity contribution < 1.29 is 17.4 Å². The van der Waals surface area contributed by atoms with E-state index < -0.39 is 10.1 Å². The van der Waals surface area contributed by atoms with Gasteiger partial charge >= 0.3 is 0 Å². The molecule has 0 bridgehead atoms. The second kappa shape index (κ2) is 11.4. The van der Waals surface area contributed by atoms with Gasteiger partial charge in [-0.2, -0.15) is 8.42 Å². The number of nitrogens with one attached hydrogen (secondary N) is 1. The predicted octanol–water partition coefficient (Wildman–Crippen LogP) is 8.94. The van der Waals surface area contributed by atoms with Crippen molar-refractivity contribution >= 4 is 43.7 Å². The summed E-state index contributed by atoms with van der Waals surface area (Å²) < 4.78 is 41.5. The minimum atomic E-state index is -4.50. The van der Waals surface area contributed by atoms with Crippen molar-refractivity contribution in [1.29, 1.82) is 0 Å². The molecule has 0 aromatic heterocycles. The van der Waals surface area contributed by atoms with Crippen LogP contribution in [0.15, 0.2) is 99.3 Å². The van der Waals surface area contributed by atoms with Crippen molar-refractivity contribution in [3.8, 4) is 11.3 Å². The fourth-order valence-corrected chi connectivity index (χ4v) is 6.23. The molecule has 214 valence electrons. The third-order valence-corrected chi connectivity index (χ3v) is 8.51. The van der Waals surface area contributed by atoms with Crippen molar-refractivity contribution in [2.45, 2.75) is 41.5 Å². The lowest BCUT2D eigenvalue weighted by atomic mass is 9.92. The van der Waals surface area contributed by atoms with Crippen LogP contribution < -0.4 is 10.7 Å². The molecule has 0 fully saturated rings. The van der Waals surface area contributed by atoms with E-state index in [2.05, 4.69) is 31.3 Å². The smallest absolute Gasteiger partial charge is 0.294 e. The zero-order valence-electron chi connectivity index (χ0n) is 24.6. The number of nitrogens with zero attached hydrogens (tertiary/aromatic N) is 1. The molecule has 1 heterocycles. The molecule has 0 atom stereocenters. The molecule has 2 aliphatic rings. The fourth-order valence-electron chi connectivity index (χ4n) is 5.44. The molecule has 3 aromatic carbocycles. The van der Waals surface area contributed by atoms with Crippen molar-refractivity contribution in [3.05, 3.63) is 123 Å². The Labute approximate surface area is 246 Å². The molecule has 6 nitrogen and oxygen atoms in total. The van der Waals surface area contributed by atoms with Crippen LogP contribution in [-0.4, -0.2) is 13.0 Å². The van der Waals surface area contributed by atoms with E-state index in [-0.39, 0.29) is 4.91 Å². The highest BCUT2D eigenvalue weighted by Gasteiger charge is 2.25. The first kappa shape index (κ1) is 29.0. The Bertz CT molecular complexity index is 2010. The topological polar surface area (TPSA) is 91.9 Å². The maximum Gasteiger partial charge on any atom is 0.294 e. The summed E-state index contributed by atoms with van der Waals surface area (Å²) in [5.41, 5.74) is 9.41. The average molecular weight is 579 g/mol. The zero-order chi connectivity index (χ0) is 30.2. The summed E-state index contributed by atoms with van der Waals surface area (Å²) in [7, 11) is -4.50. The molecule has 0 unspecified atom stereocenters. The van der Waals surface area contributed by atoms with Crippen LogP contribution in [0.2, 0.25) is 0 Å². The van der Waals surface area contributed by atoms with Crippen LogP contribution in [0.1, 0.15) is 41.7 Å². The first-order valence-electron chi connectivity index (χ1n) is 13.8. The molecule has 3 aromatic rings. The number of allylic oxidation sites excluding steroid dienone is 3. The molecule has 0 radical (unpaired) electrons. The number of fused-ring (bicyclic) bond motifs is 2. The minimum Gasteiger partial charge on any atom is -0.456 e. The van der Waals surface area contributed by atoms with Gasteiger partial charge in [-0.1, -0.05) is 48.6 Å². The maximum absolute atomic E-state index is 12.4. The minimum absolute atomic E-state index is 0.166. The average Bonchev–Trinajstić information content (AvgIpc) is 2.94. The van der Waals surface area contributed by atoms with Gasteiger partial charge in [0.05, 0.1) is 15.9 Å². The van der Waals surface area contributed by atoms with Gasteiger partial charge in [-0.25, -0.2) is 4.99 Å². The fraction of sp³-hybridized carbons (Fsp3) is 0.171. The molecular weight excluding hydrogens is 544 g/mol. The van der Waals surface area contributed by atoms with E-state index in [1.807, 2.05) is 74.5 Å². The third-order valence-electron chi connectivity index (χ3n) is 7.50. The summed E-state index contributed by atoms with van der Waals surface area (Å²) in [5.74, 6) is 0.541. The number of benzene rings is 4. The Balaban J connectivity index is 1.80. The summed E-state index contributed by atoms with van der Waals surface area (Å²) in [6, 6.07) is 23.6. The van der Waals surface area contributed by atoms with E-state index in [4.69, 9.17) is 9.41 Å². The first-order chi connectivity index (χ1) is 20.0. The Hall–Kier alpha value is -4.46. The SMILES string of the molecule is C/C=C(\C(=C/C)S(=O)(=O)O)c1c2cc/c(=N/c3c(C)cccc3C)cc-2oc2cc(Nc3c(C)cccc3C)ccc12.